The van der Waals surface area contributed by atoms with Crippen LogP contribution in [0.5, 0.6) is 5.75 Å². The molecule has 0 saturated carbocycles. The molecule has 0 aliphatic rings. The highest BCUT2D eigenvalue weighted by Crippen LogP contribution is 2.30. The number of sulfonamides is 1. The molecule has 1 amide bonds. The average molecular weight is 489 g/mol. The Balaban J connectivity index is 1.87. The molecule has 0 aliphatic carbocycles. The van der Waals surface area contributed by atoms with Crippen molar-refractivity contribution in [2.24, 2.45) is 0 Å². The lowest BCUT2D eigenvalue weighted by molar-refractivity contribution is 0.0527. The van der Waals surface area contributed by atoms with Crippen LogP contribution in [0.15, 0.2) is 64.9 Å². The summed E-state index contributed by atoms with van der Waals surface area (Å²) in [5.74, 6) is -0.592. The van der Waals surface area contributed by atoms with Crippen molar-refractivity contribution >= 4 is 44.6 Å². The van der Waals surface area contributed by atoms with Gasteiger partial charge < -0.3 is 14.8 Å². The summed E-state index contributed by atoms with van der Waals surface area (Å²) in [6, 6.07) is 14.4. The molecule has 1 aromatic heterocycles. The minimum atomic E-state index is -4.03. The lowest BCUT2D eigenvalue weighted by atomic mass is 10.2. The highest BCUT2D eigenvalue weighted by atomic mass is 32.2. The molecule has 3 aromatic rings. The first kappa shape index (κ1) is 24.3. The molecule has 0 unspecified atom stereocenters. The van der Waals surface area contributed by atoms with Crippen molar-refractivity contribution < 1.29 is 27.5 Å². The molecular formula is C23H24N2O6S2. The van der Waals surface area contributed by atoms with Gasteiger partial charge >= 0.3 is 5.97 Å². The lowest BCUT2D eigenvalue weighted by Crippen LogP contribution is -2.28. The Morgan fingerprint density at radius 1 is 1.00 bits per heavy atom. The Bertz CT molecular complexity index is 1240. The summed E-state index contributed by atoms with van der Waals surface area (Å²) in [4.78, 5) is 25.1. The molecule has 8 nitrogen and oxygen atoms in total. The summed E-state index contributed by atoms with van der Waals surface area (Å²) in [6.07, 6.45) is 0. The number of esters is 1. The van der Waals surface area contributed by atoms with Gasteiger partial charge in [0.05, 0.1) is 30.2 Å². The van der Waals surface area contributed by atoms with Crippen LogP contribution in [0.2, 0.25) is 0 Å². The zero-order valence-corrected chi connectivity index (χ0v) is 20.0. The van der Waals surface area contributed by atoms with Crippen molar-refractivity contribution in [2.45, 2.75) is 18.7 Å². The number of thiophene rings is 1. The molecule has 0 aliphatic heterocycles. The fourth-order valence-electron chi connectivity index (χ4n) is 3.03. The predicted octanol–water partition coefficient (Wildman–Crippen LogP) is 4.40. The maximum atomic E-state index is 13.3. The number of carbonyl (C=O) groups is 2. The van der Waals surface area contributed by atoms with E-state index >= 15 is 0 Å². The summed E-state index contributed by atoms with van der Waals surface area (Å²) in [5.41, 5.74) is 0.835. The van der Waals surface area contributed by atoms with Gasteiger partial charge in [0.15, 0.2) is 0 Å². The molecule has 1 heterocycles. The quantitative estimate of drug-likeness (QED) is 0.448. The minimum Gasteiger partial charge on any atom is -0.494 e. The molecular weight excluding hydrogens is 464 g/mol. The smallest absolute Gasteiger partial charge is 0.340 e. The van der Waals surface area contributed by atoms with E-state index in [1.54, 1.807) is 49.4 Å². The largest absolute Gasteiger partial charge is 0.494 e. The molecule has 174 valence electrons. The van der Waals surface area contributed by atoms with Gasteiger partial charge in [0, 0.05) is 7.05 Å². The maximum absolute atomic E-state index is 13.3. The van der Waals surface area contributed by atoms with Crippen LogP contribution >= 0.6 is 11.3 Å². The molecule has 0 bridgehead atoms. The fourth-order valence-corrected chi connectivity index (χ4v) is 5.52. The minimum absolute atomic E-state index is 0.00597. The van der Waals surface area contributed by atoms with Gasteiger partial charge in [-0.15, -0.1) is 11.3 Å². The second-order valence-corrected chi connectivity index (χ2v) is 9.59. The highest BCUT2D eigenvalue weighted by molar-refractivity contribution is 7.93. The zero-order valence-electron chi connectivity index (χ0n) is 18.4. The lowest BCUT2D eigenvalue weighted by Gasteiger charge is -2.20. The van der Waals surface area contributed by atoms with Crippen LogP contribution in [0.25, 0.3) is 0 Å². The van der Waals surface area contributed by atoms with Gasteiger partial charge in [-0.05, 0) is 61.7 Å². The first-order valence-electron chi connectivity index (χ1n) is 10.2. The number of nitrogens with zero attached hydrogens (tertiary/aromatic N) is 1. The SMILES string of the molecule is CCOC(=O)c1ccccc1NC(=O)c1sccc1S(=O)(=O)N(C)c1ccc(OCC)cc1. The predicted molar refractivity (Wildman–Crippen MR) is 128 cm³/mol. The van der Waals surface area contributed by atoms with Gasteiger partial charge in [0.25, 0.3) is 15.9 Å². The van der Waals surface area contributed by atoms with Crippen molar-refractivity contribution in [1.82, 2.24) is 0 Å². The number of hydrogen-bond donors (Lipinski definition) is 1. The van der Waals surface area contributed by atoms with Crippen LogP contribution in [0.1, 0.15) is 33.9 Å². The summed E-state index contributed by atoms with van der Waals surface area (Å²) in [5, 5.41) is 4.17. The third kappa shape index (κ3) is 5.35. The normalized spacial score (nSPS) is 11.0. The number of carbonyl (C=O) groups excluding carboxylic acids is 2. The van der Waals surface area contributed by atoms with Crippen LogP contribution < -0.4 is 14.4 Å². The number of nitrogens with one attached hydrogen (secondary N) is 1. The van der Waals surface area contributed by atoms with Crippen molar-refractivity contribution in [3.8, 4) is 5.75 Å². The molecule has 2 aromatic carbocycles. The summed E-state index contributed by atoms with van der Waals surface area (Å²) >= 11 is 0.996. The van der Waals surface area contributed by atoms with Crippen LogP contribution in [-0.2, 0) is 14.8 Å². The Labute approximate surface area is 196 Å². The third-order valence-electron chi connectivity index (χ3n) is 4.66. The summed E-state index contributed by atoms with van der Waals surface area (Å²) < 4.78 is 38.1. The second kappa shape index (κ2) is 10.5. The standard InChI is InChI=1S/C23H24N2O6S2/c1-4-30-17-12-10-16(11-13-17)25(3)33(28,29)20-14-15-32-21(20)22(26)24-19-9-7-6-8-18(19)23(27)31-5-2/h6-15H,4-5H2,1-3H3,(H,24,26). The Hall–Kier alpha value is -3.37. The number of hydrogen-bond acceptors (Lipinski definition) is 7. The number of benzene rings is 2. The van der Waals surface area contributed by atoms with E-state index in [-0.39, 0.29) is 27.6 Å². The van der Waals surface area contributed by atoms with E-state index in [4.69, 9.17) is 9.47 Å². The number of rotatable bonds is 9. The first-order chi connectivity index (χ1) is 15.8. The van der Waals surface area contributed by atoms with Crippen molar-refractivity contribution in [2.75, 3.05) is 29.9 Å². The Kier molecular flexibility index (Phi) is 7.72. The van der Waals surface area contributed by atoms with Crippen molar-refractivity contribution in [3.05, 3.63) is 70.4 Å². The maximum Gasteiger partial charge on any atom is 0.340 e. The summed E-state index contributed by atoms with van der Waals surface area (Å²) in [7, 11) is -2.61. The van der Waals surface area contributed by atoms with Gasteiger partial charge in [-0.1, -0.05) is 12.1 Å². The summed E-state index contributed by atoms with van der Waals surface area (Å²) in [6.45, 7) is 4.23. The van der Waals surface area contributed by atoms with Gasteiger partial charge in [-0.2, -0.15) is 0 Å². The Morgan fingerprint density at radius 3 is 2.36 bits per heavy atom. The van der Waals surface area contributed by atoms with Crippen LogP contribution in [-0.4, -0.2) is 40.6 Å². The molecule has 1 N–H and O–H groups in total. The van der Waals surface area contributed by atoms with Gasteiger partial charge in [0.2, 0.25) is 0 Å². The van der Waals surface area contributed by atoms with Gasteiger partial charge in [0.1, 0.15) is 15.5 Å². The van der Waals surface area contributed by atoms with E-state index < -0.39 is 21.9 Å². The Morgan fingerprint density at radius 2 is 1.70 bits per heavy atom. The molecule has 0 spiro atoms. The van der Waals surface area contributed by atoms with Crippen molar-refractivity contribution in [3.63, 3.8) is 0 Å². The van der Waals surface area contributed by atoms with Crippen LogP contribution in [0, 0.1) is 0 Å². The van der Waals surface area contributed by atoms with Crippen molar-refractivity contribution in [1.29, 1.82) is 0 Å². The van der Waals surface area contributed by atoms with E-state index in [1.807, 2.05) is 6.92 Å². The van der Waals surface area contributed by atoms with Crippen LogP contribution in [0.3, 0.4) is 0 Å². The second-order valence-electron chi connectivity index (χ2n) is 6.73. The van der Waals surface area contributed by atoms with Gasteiger partial charge in [-0.25, -0.2) is 13.2 Å². The molecule has 0 saturated heterocycles. The molecule has 3 rings (SSSR count). The van der Waals surface area contributed by atoms with E-state index in [2.05, 4.69) is 5.32 Å². The van der Waals surface area contributed by atoms with E-state index in [0.29, 0.717) is 18.0 Å². The molecule has 0 fully saturated rings. The number of para-hydroxylation sites is 1. The monoisotopic (exact) mass is 488 g/mol. The fraction of sp³-hybridized carbons (Fsp3) is 0.217. The average Bonchev–Trinajstić information content (AvgIpc) is 3.31. The van der Waals surface area contributed by atoms with E-state index in [0.717, 1.165) is 15.6 Å². The van der Waals surface area contributed by atoms with Gasteiger partial charge in [-0.3, -0.25) is 9.10 Å². The van der Waals surface area contributed by atoms with E-state index in [9.17, 15) is 18.0 Å². The number of ether oxygens (including phenoxy) is 2. The highest BCUT2D eigenvalue weighted by Gasteiger charge is 2.29. The van der Waals surface area contributed by atoms with E-state index in [1.165, 1.54) is 24.6 Å². The molecule has 33 heavy (non-hydrogen) atoms. The van der Waals surface area contributed by atoms with Crippen LogP contribution in [0.4, 0.5) is 11.4 Å². The first-order valence-corrected chi connectivity index (χ1v) is 12.5. The zero-order chi connectivity index (χ0) is 24.0. The topological polar surface area (TPSA) is 102 Å². The molecule has 10 heteroatoms. The molecule has 0 radical (unpaired) electrons. The molecule has 0 atom stereocenters. The number of anilines is 2. The number of amides is 1. The third-order valence-corrected chi connectivity index (χ3v) is 7.53.